The molecule has 1 saturated heterocycles. The standard InChI is InChI=1S/C17H17F3N4O2/c18-17(19,20)11-23-10-14(8-22-23)24-9-13(6-15(24)25)16(26)21-7-12-4-2-1-3-5-12/h1-5,8,10,13H,6-7,9,11H2,(H,21,26). The number of carbonyl (C=O) groups is 2. The molecule has 0 bridgehead atoms. The van der Waals surface area contributed by atoms with E-state index in [1.165, 1.54) is 11.1 Å². The zero-order valence-corrected chi connectivity index (χ0v) is 13.7. The lowest BCUT2D eigenvalue weighted by molar-refractivity contribution is -0.142. The number of rotatable bonds is 5. The first-order chi connectivity index (χ1) is 12.3. The van der Waals surface area contributed by atoms with E-state index in [4.69, 9.17) is 0 Å². The van der Waals surface area contributed by atoms with E-state index in [1.807, 2.05) is 30.3 Å². The average Bonchev–Trinajstić information content (AvgIpc) is 3.18. The summed E-state index contributed by atoms with van der Waals surface area (Å²) in [7, 11) is 0. The van der Waals surface area contributed by atoms with Gasteiger partial charge in [-0.15, -0.1) is 0 Å². The number of alkyl halides is 3. The van der Waals surface area contributed by atoms with Gasteiger partial charge in [-0.25, -0.2) is 0 Å². The van der Waals surface area contributed by atoms with Crippen molar-refractivity contribution < 1.29 is 22.8 Å². The predicted octanol–water partition coefficient (Wildman–Crippen LogP) is 2.11. The third-order valence-corrected chi connectivity index (χ3v) is 4.08. The van der Waals surface area contributed by atoms with Crippen molar-refractivity contribution in [2.45, 2.75) is 25.7 Å². The lowest BCUT2D eigenvalue weighted by atomic mass is 10.1. The van der Waals surface area contributed by atoms with Crippen LogP contribution in [0.1, 0.15) is 12.0 Å². The fraction of sp³-hybridized carbons (Fsp3) is 0.353. The molecule has 1 aromatic heterocycles. The Morgan fingerprint density at radius 2 is 2.00 bits per heavy atom. The summed E-state index contributed by atoms with van der Waals surface area (Å²) >= 11 is 0. The van der Waals surface area contributed by atoms with E-state index in [-0.39, 0.29) is 30.5 Å². The van der Waals surface area contributed by atoms with Gasteiger partial charge in [-0.1, -0.05) is 30.3 Å². The number of carbonyl (C=O) groups excluding carboxylic acids is 2. The Bertz CT molecular complexity index is 789. The van der Waals surface area contributed by atoms with E-state index in [9.17, 15) is 22.8 Å². The summed E-state index contributed by atoms with van der Waals surface area (Å²) in [5.74, 6) is -1.11. The molecule has 2 amide bonds. The molecule has 2 heterocycles. The number of halogens is 3. The Morgan fingerprint density at radius 3 is 2.69 bits per heavy atom. The van der Waals surface area contributed by atoms with Crippen molar-refractivity contribution in [1.82, 2.24) is 15.1 Å². The van der Waals surface area contributed by atoms with Crippen LogP contribution < -0.4 is 10.2 Å². The summed E-state index contributed by atoms with van der Waals surface area (Å²) in [4.78, 5) is 25.7. The molecule has 1 N–H and O–H groups in total. The van der Waals surface area contributed by atoms with Crippen molar-refractivity contribution in [3.05, 3.63) is 48.3 Å². The number of anilines is 1. The number of hydrogen-bond donors (Lipinski definition) is 1. The van der Waals surface area contributed by atoms with Gasteiger partial charge in [0, 0.05) is 25.7 Å². The van der Waals surface area contributed by atoms with Crippen LogP contribution in [0.25, 0.3) is 0 Å². The quantitative estimate of drug-likeness (QED) is 0.881. The molecule has 1 atom stereocenters. The molecule has 0 aliphatic carbocycles. The molecule has 138 valence electrons. The molecular formula is C17H17F3N4O2. The minimum Gasteiger partial charge on any atom is -0.352 e. The van der Waals surface area contributed by atoms with Gasteiger partial charge >= 0.3 is 6.18 Å². The Kier molecular flexibility index (Phi) is 4.97. The molecule has 1 aliphatic heterocycles. The lowest BCUT2D eigenvalue weighted by Gasteiger charge is -2.14. The van der Waals surface area contributed by atoms with E-state index >= 15 is 0 Å². The van der Waals surface area contributed by atoms with Crippen LogP contribution in [0.4, 0.5) is 18.9 Å². The SMILES string of the molecule is O=C(NCc1ccccc1)C1CC(=O)N(c2cnn(CC(F)(F)F)c2)C1. The van der Waals surface area contributed by atoms with E-state index in [2.05, 4.69) is 10.4 Å². The fourth-order valence-electron chi connectivity index (χ4n) is 2.82. The van der Waals surface area contributed by atoms with Crippen LogP contribution in [0.2, 0.25) is 0 Å². The number of nitrogens with one attached hydrogen (secondary N) is 1. The molecule has 0 radical (unpaired) electrons. The van der Waals surface area contributed by atoms with Crippen molar-refractivity contribution in [2.24, 2.45) is 5.92 Å². The van der Waals surface area contributed by atoms with Crippen LogP contribution in [0, 0.1) is 5.92 Å². The first-order valence-corrected chi connectivity index (χ1v) is 8.03. The molecular weight excluding hydrogens is 349 g/mol. The maximum Gasteiger partial charge on any atom is 0.408 e. The van der Waals surface area contributed by atoms with Gasteiger partial charge in [-0.05, 0) is 5.56 Å². The van der Waals surface area contributed by atoms with E-state index in [0.29, 0.717) is 6.54 Å². The van der Waals surface area contributed by atoms with Gasteiger partial charge in [0.15, 0.2) is 0 Å². The van der Waals surface area contributed by atoms with E-state index < -0.39 is 18.6 Å². The van der Waals surface area contributed by atoms with Gasteiger partial charge < -0.3 is 10.2 Å². The van der Waals surface area contributed by atoms with Gasteiger partial charge in [0.2, 0.25) is 11.8 Å². The van der Waals surface area contributed by atoms with Crippen LogP contribution in [-0.2, 0) is 22.7 Å². The maximum absolute atomic E-state index is 12.4. The van der Waals surface area contributed by atoms with Gasteiger partial charge in [0.05, 0.1) is 17.8 Å². The normalized spacial score (nSPS) is 17.6. The lowest BCUT2D eigenvalue weighted by Crippen LogP contribution is -2.32. The molecule has 6 nitrogen and oxygen atoms in total. The highest BCUT2D eigenvalue weighted by Crippen LogP contribution is 2.26. The molecule has 1 fully saturated rings. The van der Waals surface area contributed by atoms with Crippen LogP contribution in [0.5, 0.6) is 0 Å². The highest BCUT2D eigenvalue weighted by atomic mass is 19.4. The predicted molar refractivity (Wildman–Crippen MR) is 87.0 cm³/mol. The third kappa shape index (κ3) is 4.41. The highest BCUT2D eigenvalue weighted by Gasteiger charge is 2.36. The number of benzene rings is 1. The molecule has 1 aliphatic rings. The molecule has 0 saturated carbocycles. The molecule has 2 aromatic rings. The summed E-state index contributed by atoms with van der Waals surface area (Å²) in [5.41, 5.74) is 1.20. The Morgan fingerprint density at radius 1 is 1.27 bits per heavy atom. The summed E-state index contributed by atoms with van der Waals surface area (Å²) in [6.45, 7) is -0.749. The summed E-state index contributed by atoms with van der Waals surface area (Å²) in [6.07, 6.45) is -2.01. The number of nitrogens with zero attached hydrogens (tertiary/aromatic N) is 3. The van der Waals surface area contributed by atoms with Gasteiger partial charge in [0.1, 0.15) is 6.54 Å². The van der Waals surface area contributed by atoms with Crippen molar-refractivity contribution in [3.8, 4) is 0 Å². The van der Waals surface area contributed by atoms with Crippen molar-refractivity contribution >= 4 is 17.5 Å². The first-order valence-electron chi connectivity index (χ1n) is 8.03. The third-order valence-electron chi connectivity index (χ3n) is 4.08. The van der Waals surface area contributed by atoms with Gasteiger partial charge in [-0.2, -0.15) is 18.3 Å². The molecule has 0 spiro atoms. The number of hydrogen-bond acceptors (Lipinski definition) is 3. The molecule has 3 rings (SSSR count). The smallest absolute Gasteiger partial charge is 0.352 e. The van der Waals surface area contributed by atoms with Crippen LogP contribution >= 0.6 is 0 Å². The molecule has 1 unspecified atom stereocenters. The topological polar surface area (TPSA) is 67.2 Å². The summed E-state index contributed by atoms with van der Waals surface area (Å²) < 4.78 is 37.9. The van der Waals surface area contributed by atoms with Gasteiger partial charge in [-0.3, -0.25) is 14.3 Å². The Balaban J connectivity index is 1.59. The molecule has 9 heteroatoms. The summed E-state index contributed by atoms with van der Waals surface area (Å²) in [6, 6.07) is 9.35. The first kappa shape index (κ1) is 18.0. The number of amides is 2. The monoisotopic (exact) mass is 366 g/mol. The van der Waals surface area contributed by atoms with Crippen LogP contribution in [-0.4, -0.2) is 34.3 Å². The highest BCUT2D eigenvalue weighted by molar-refractivity contribution is 6.00. The average molecular weight is 366 g/mol. The molecule has 26 heavy (non-hydrogen) atoms. The zero-order valence-electron chi connectivity index (χ0n) is 13.7. The van der Waals surface area contributed by atoms with Crippen molar-refractivity contribution in [1.29, 1.82) is 0 Å². The second kappa shape index (κ2) is 7.19. The fourth-order valence-corrected chi connectivity index (χ4v) is 2.82. The largest absolute Gasteiger partial charge is 0.408 e. The Hall–Kier alpha value is -2.84. The second-order valence-corrected chi connectivity index (χ2v) is 6.12. The van der Waals surface area contributed by atoms with E-state index in [0.717, 1.165) is 16.4 Å². The van der Waals surface area contributed by atoms with E-state index in [1.54, 1.807) is 0 Å². The van der Waals surface area contributed by atoms with Crippen molar-refractivity contribution in [3.63, 3.8) is 0 Å². The Labute approximate surface area is 147 Å². The maximum atomic E-state index is 12.4. The minimum absolute atomic E-state index is 0.0189. The zero-order chi connectivity index (χ0) is 18.7. The minimum atomic E-state index is -4.39. The van der Waals surface area contributed by atoms with Crippen molar-refractivity contribution in [2.75, 3.05) is 11.4 Å². The molecule has 1 aromatic carbocycles. The number of aromatic nitrogens is 2. The van der Waals surface area contributed by atoms with Crippen LogP contribution in [0.3, 0.4) is 0 Å². The summed E-state index contributed by atoms with van der Waals surface area (Å²) in [5, 5.41) is 6.41. The van der Waals surface area contributed by atoms with Crippen LogP contribution in [0.15, 0.2) is 42.7 Å². The second-order valence-electron chi connectivity index (χ2n) is 6.12. The van der Waals surface area contributed by atoms with Gasteiger partial charge in [0.25, 0.3) is 0 Å².